The average Bonchev–Trinajstić information content (AvgIpc) is 2.88. The number of amides is 1. The summed E-state index contributed by atoms with van der Waals surface area (Å²) >= 11 is 0. The highest BCUT2D eigenvalue weighted by Crippen LogP contribution is 2.30. The molecule has 4 aromatic rings. The van der Waals surface area contributed by atoms with E-state index >= 15 is 0 Å². The summed E-state index contributed by atoms with van der Waals surface area (Å²) in [4.78, 5) is 25.8. The first kappa shape index (κ1) is 24.8. The van der Waals surface area contributed by atoms with Gasteiger partial charge in [-0.05, 0) is 61.1 Å². The van der Waals surface area contributed by atoms with Crippen LogP contribution < -0.4 is 10.5 Å². The number of nitrogens with two attached hydrogens (primary N) is 1. The molecule has 2 heterocycles. The van der Waals surface area contributed by atoms with Crippen molar-refractivity contribution in [2.45, 2.75) is 4.90 Å². The Morgan fingerprint density at radius 3 is 2.32 bits per heavy atom. The van der Waals surface area contributed by atoms with Gasteiger partial charge in [0.25, 0.3) is 5.91 Å². The first-order chi connectivity index (χ1) is 17.7. The molecule has 1 aliphatic heterocycles. The van der Waals surface area contributed by atoms with Crippen LogP contribution in [-0.2, 0) is 10.0 Å². The molecular weight excluding hydrogens is 495 g/mol. The monoisotopic (exact) mass is 520 g/mol. The fourth-order valence-electron chi connectivity index (χ4n) is 4.23. The van der Waals surface area contributed by atoms with Crippen molar-refractivity contribution in [1.29, 1.82) is 0 Å². The second kappa shape index (κ2) is 9.85. The van der Waals surface area contributed by atoms with Gasteiger partial charge in [-0.25, -0.2) is 27.9 Å². The van der Waals surface area contributed by atoms with E-state index in [1.807, 2.05) is 11.9 Å². The lowest BCUT2D eigenvalue weighted by atomic mass is 10.0. The van der Waals surface area contributed by atoms with E-state index in [1.165, 1.54) is 30.5 Å². The number of likely N-dealkylation sites (N-methyl/N-ethyl adjacent to an activating group) is 1. The van der Waals surface area contributed by atoms with E-state index in [4.69, 9.17) is 5.14 Å². The Bertz CT molecular complexity index is 1570. The van der Waals surface area contributed by atoms with Gasteiger partial charge >= 0.3 is 0 Å². The molecule has 1 aromatic heterocycles. The third-order valence-corrected chi connectivity index (χ3v) is 7.25. The van der Waals surface area contributed by atoms with Crippen molar-refractivity contribution < 1.29 is 17.6 Å². The maximum absolute atomic E-state index is 14.5. The van der Waals surface area contributed by atoms with Gasteiger partial charge in [-0.3, -0.25) is 4.79 Å². The maximum atomic E-state index is 14.5. The lowest BCUT2D eigenvalue weighted by Gasteiger charge is -2.32. The van der Waals surface area contributed by atoms with E-state index in [1.54, 1.807) is 36.4 Å². The van der Waals surface area contributed by atoms with E-state index < -0.39 is 15.8 Å². The fourth-order valence-corrected chi connectivity index (χ4v) is 4.75. The zero-order valence-corrected chi connectivity index (χ0v) is 20.9. The van der Waals surface area contributed by atoms with Crippen LogP contribution in [0.4, 0.5) is 16.0 Å². The second-order valence-electron chi connectivity index (χ2n) is 8.95. The van der Waals surface area contributed by atoms with Crippen molar-refractivity contribution >= 4 is 38.5 Å². The third kappa shape index (κ3) is 5.43. The van der Waals surface area contributed by atoms with Crippen LogP contribution in [0.3, 0.4) is 0 Å². The SMILES string of the molecule is CN1CCN(C(=O)c2ccc(-c3cc(F)cc4cnc(Nc5ccc(S(N)(=O)=O)cc5)nc34)cc2)CC1. The van der Waals surface area contributed by atoms with E-state index in [9.17, 15) is 17.6 Å². The number of rotatable bonds is 5. The molecule has 1 amide bonds. The molecule has 0 spiro atoms. The summed E-state index contributed by atoms with van der Waals surface area (Å²) in [6.07, 6.45) is 1.52. The largest absolute Gasteiger partial charge is 0.336 e. The van der Waals surface area contributed by atoms with Crippen molar-refractivity contribution in [3.63, 3.8) is 0 Å². The first-order valence-electron chi connectivity index (χ1n) is 11.6. The molecule has 3 aromatic carbocycles. The van der Waals surface area contributed by atoms with Crippen LogP contribution in [0.1, 0.15) is 10.4 Å². The van der Waals surface area contributed by atoms with Crippen LogP contribution in [0.2, 0.25) is 0 Å². The van der Waals surface area contributed by atoms with Crippen molar-refractivity contribution in [3.05, 3.63) is 78.2 Å². The molecule has 0 atom stereocenters. The minimum absolute atomic E-state index is 0.00945. The van der Waals surface area contributed by atoms with Gasteiger partial charge in [0.15, 0.2) is 0 Å². The summed E-state index contributed by atoms with van der Waals surface area (Å²) in [5.74, 6) is -0.195. The van der Waals surface area contributed by atoms with E-state index in [0.717, 1.165) is 13.1 Å². The van der Waals surface area contributed by atoms with Gasteiger partial charge in [0, 0.05) is 54.6 Å². The topological polar surface area (TPSA) is 122 Å². The number of nitrogens with zero attached hydrogens (tertiary/aromatic N) is 4. The van der Waals surface area contributed by atoms with Gasteiger partial charge in [-0.1, -0.05) is 12.1 Å². The number of halogens is 1. The van der Waals surface area contributed by atoms with Gasteiger partial charge in [0.2, 0.25) is 16.0 Å². The minimum Gasteiger partial charge on any atom is -0.336 e. The Labute approximate surface area is 213 Å². The van der Waals surface area contributed by atoms with E-state index in [2.05, 4.69) is 20.2 Å². The van der Waals surface area contributed by atoms with Gasteiger partial charge in [0.1, 0.15) is 5.82 Å². The number of anilines is 2. The third-order valence-electron chi connectivity index (χ3n) is 6.32. The van der Waals surface area contributed by atoms with Crippen molar-refractivity contribution in [3.8, 4) is 11.1 Å². The summed E-state index contributed by atoms with van der Waals surface area (Å²) in [5.41, 5.74) is 2.93. The molecule has 0 saturated carbocycles. The molecule has 3 N–H and O–H groups in total. The zero-order valence-electron chi connectivity index (χ0n) is 20.1. The van der Waals surface area contributed by atoms with Gasteiger partial charge in [0.05, 0.1) is 10.4 Å². The molecule has 0 bridgehead atoms. The average molecular weight is 521 g/mol. The Kier molecular flexibility index (Phi) is 6.59. The van der Waals surface area contributed by atoms with Crippen LogP contribution in [0.5, 0.6) is 0 Å². The predicted molar refractivity (Wildman–Crippen MR) is 139 cm³/mol. The minimum atomic E-state index is -3.80. The molecule has 1 saturated heterocycles. The summed E-state index contributed by atoms with van der Waals surface area (Å²) in [6.45, 7) is 3.04. The van der Waals surface area contributed by atoms with Crippen LogP contribution in [-0.4, -0.2) is 67.3 Å². The summed E-state index contributed by atoms with van der Waals surface area (Å²) in [5, 5.41) is 8.69. The highest BCUT2D eigenvalue weighted by Gasteiger charge is 2.20. The number of benzene rings is 3. The van der Waals surface area contributed by atoms with E-state index in [-0.39, 0.29) is 16.8 Å². The number of fused-ring (bicyclic) bond motifs is 1. The Morgan fingerprint density at radius 2 is 1.68 bits per heavy atom. The normalized spacial score (nSPS) is 14.6. The molecule has 9 nitrogen and oxygen atoms in total. The first-order valence-corrected chi connectivity index (χ1v) is 13.2. The molecule has 0 unspecified atom stereocenters. The van der Waals surface area contributed by atoms with Crippen LogP contribution >= 0.6 is 0 Å². The number of hydrogen-bond acceptors (Lipinski definition) is 7. The number of aromatic nitrogens is 2. The van der Waals surface area contributed by atoms with Crippen LogP contribution in [0.15, 0.2) is 71.8 Å². The molecule has 190 valence electrons. The second-order valence-corrected chi connectivity index (χ2v) is 10.5. The van der Waals surface area contributed by atoms with E-state index in [0.29, 0.717) is 46.4 Å². The summed E-state index contributed by atoms with van der Waals surface area (Å²) in [6, 6.07) is 15.7. The Morgan fingerprint density at radius 1 is 1.00 bits per heavy atom. The molecular formula is C26H25FN6O3S. The van der Waals surface area contributed by atoms with Gasteiger partial charge < -0.3 is 15.1 Å². The fraction of sp³-hybridized carbons (Fsp3) is 0.192. The van der Waals surface area contributed by atoms with Gasteiger partial charge in [-0.15, -0.1) is 0 Å². The Balaban J connectivity index is 1.43. The summed E-state index contributed by atoms with van der Waals surface area (Å²) in [7, 11) is -1.76. The molecule has 5 rings (SSSR count). The number of carbonyl (C=O) groups excluding carboxylic acids is 1. The smallest absolute Gasteiger partial charge is 0.253 e. The zero-order chi connectivity index (χ0) is 26.2. The predicted octanol–water partition coefficient (Wildman–Crippen LogP) is 3.21. The quantitative estimate of drug-likeness (QED) is 0.414. The van der Waals surface area contributed by atoms with Crippen LogP contribution in [0, 0.1) is 5.82 Å². The number of nitrogens with one attached hydrogen (secondary N) is 1. The van der Waals surface area contributed by atoms with Crippen molar-refractivity contribution in [2.75, 3.05) is 38.5 Å². The highest BCUT2D eigenvalue weighted by molar-refractivity contribution is 7.89. The Hall–Kier alpha value is -3.93. The van der Waals surface area contributed by atoms with Gasteiger partial charge in [-0.2, -0.15) is 0 Å². The molecule has 1 aliphatic rings. The molecule has 0 aliphatic carbocycles. The maximum Gasteiger partial charge on any atom is 0.253 e. The number of piperazine rings is 1. The summed E-state index contributed by atoms with van der Waals surface area (Å²) < 4.78 is 37.4. The number of primary sulfonamides is 1. The molecule has 1 fully saturated rings. The standard InChI is InChI=1S/C26H25FN6O3S/c1-32-10-12-33(13-11-32)25(34)18-4-2-17(3-5-18)23-15-20(27)14-19-16-29-26(31-24(19)23)30-21-6-8-22(9-7-21)37(28,35)36/h2-9,14-16H,10-13H2,1H3,(H2,28,35,36)(H,29,30,31). The molecule has 0 radical (unpaired) electrons. The lowest BCUT2D eigenvalue weighted by molar-refractivity contribution is 0.0664. The number of carbonyl (C=O) groups is 1. The number of sulfonamides is 1. The van der Waals surface area contributed by atoms with Crippen LogP contribution in [0.25, 0.3) is 22.0 Å². The van der Waals surface area contributed by atoms with Crippen molar-refractivity contribution in [1.82, 2.24) is 19.8 Å². The highest BCUT2D eigenvalue weighted by atomic mass is 32.2. The van der Waals surface area contributed by atoms with Crippen molar-refractivity contribution in [2.24, 2.45) is 5.14 Å². The number of hydrogen-bond donors (Lipinski definition) is 2. The lowest BCUT2D eigenvalue weighted by Crippen LogP contribution is -2.47. The molecule has 11 heteroatoms. The molecule has 37 heavy (non-hydrogen) atoms.